The highest BCUT2D eigenvalue weighted by Gasteiger charge is 2.11. The number of fused-ring (bicyclic) bond motifs is 1. The van der Waals surface area contributed by atoms with Crippen LogP contribution in [-0.4, -0.2) is 10.5 Å². The number of nitrogens with zero attached hydrogens (tertiary/aromatic N) is 1. The molecular weight excluding hydrogens is 396 g/mol. The molecule has 0 atom stereocenters. The number of halogens is 2. The minimum absolute atomic E-state index is 0.159. The van der Waals surface area contributed by atoms with Gasteiger partial charge in [-0.15, -0.1) is 0 Å². The summed E-state index contributed by atoms with van der Waals surface area (Å²) >= 11 is 9.30. The first kappa shape index (κ1) is 16.8. The smallest absolute Gasteiger partial charge is 0.408 e. The summed E-state index contributed by atoms with van der Waals surface area (Å²) in [4.78, 5) is 24.0. The van der Waals surface area contributed by atoms with E-state index in [0.29, 0.717) is 16.1 Å². The molecule has 0 spiro atoms. The van der Waals surface area contributed by atoms with Crippen LogP contribution in [0.15, 0.2) is 50.1 Å². The number of amides is 1. The van der Waals surface area contributed by atoms with Gasteiger partial charge in [0.05, 0.1) is 5.52 Å². The Labute approximate surface area is 151 Å². The van der Waals surface area contributed by atoms with E-state index in [2.05, 4.69) is 21.2 Å². The third-order valence-electron chi connectivity index (χ3n) is 3.63. The molecule has 3 rings (SSSR count). The van der Waals surface area contributed by atoms with Crippen LogP contribution in [0.25, 0.3) is 11.1 Å². The first-order valence-corrected chi connectivity index (χ1v) is 8.46. The van der Waals surface area contributed by atoms with Gasteiger partial charge in [-0.3, -0.25) is 9.36 Å². The van der Waals surface area contributed by atoms with Gasteiger partial charge in [0.15, 0.2) is 5.58 Å². The molecule has 1 heterocycles. The van der Waals surface area contributed by atoms with E-state index in [1.165, 1.54) is 4.57 Å². The SMILES string of the molecule is Cc1cc(NC(=O)CCn2c(=O)oc3cc(Cl)ccc32)ccc1Br. The van der Waals surface area contributed by atoms with Gasteiger partial charge in [-0.25, -0.2) is 4.79 Å². The van der Waals surface area contributed by atoms with Crippen molar-refractivity contribution in [1.29, 1.82) is 0 Å². The van der Waals surface area contributed by atoms with Crippen LogP contribution in [0.4, 0.5) is 5.69 Å². The van der Waals surface area contributed by atoms with E-state index in [0.717, 1.165) is 15.7 Å². The number of anilines is 1. The minimum Gasteiger partial charge on any atom is -0.408 e. The number of hydrogen-bond acceptors (Lipinski definition) is 3. The maximum atomic E-state index is 12.1. The number of aromatic nitrogens is 1. The summed E-state index contributed by atoms with van der Waals surface area (Å²) in [7, 11) is 0. The Morgan fingerprint density at radius 2 is 2.08 bits per heavy atom. The summed E-state index contributed by atoms with van der Waals surface area (Å²) in [5.74, 6) is -0.675. The van der Waals surface area contributed by atoms with Gasteiger partial charge < -0.3 is 9.73 Å². The van der Waals surface area contributed by atoms with Crippen molar-refractivity contribution in [3.05, 3.63) is 62.0 Å². The molecule has 2 aromatic carbocycles. The zero-order valence-electron chi connectivity index (χ0n) is 12.8. The molecule has 0 aliphatic rings. The second-order valence-electron chi connectivity index (χ2n) is 5.39. The number of carbonyl (C=O) groups is 1. The van der Waals surface area contributed by atoms with Crippen molar-refractivity contribution in [2.75, 3.05) is 5.32 Å². The Kier molecular flexibility index (Phi) is 4.78. The molecule has 0 fully saturated rings. The highest BCUT2D eigenvalue weighted by atomic mass is 79.9. The predicted octanol–water partition coefficient (Wildman–Crippen LogP) is 4.35. The third-order valence-corrected chi connectivity index (χ3v) is 4.76. The standard InChI is InChI=1S/C17H14BrClN2O3/c1-10-8-12(3-4-13(10)18)20-16(22)6-7-21-14-5-2-11(19)9-15(14)24-17(21)23/h2-5,8-9H,6-7H2,1H3,(H,20,22). The van der Waals surface area contributed by atoms with Gasteiger partial charge in [-0.05, 0) is 42.8 Å². The summed E-state index contributed by atoms with van der Waals surface area (Å²) < 4.78 is 7.56. The van der Waals surface area contributed by atoms with E-state index >= 15 is 0 Å². The van der Waals surface area contributed by atoms with Gasteiger partial charge in [0.25, 0.3) is 0 Å². The first-order chi connectivity index (χ1) is 11.4. The van der Waals surface area contributed by atoms with Crippen molar-refractivity contribution in [2.24, 2.45) is 0 Å². The Balaban J connectivity index is 1.71. The predicted molar refractivity (Wildman–Crippen MR) is 97.6 cm³/mol. The van der Waals surface area contributed by atoms with Crippen molar-refractivity contribution < 1.29 is 9.21 Å². The quantitative estimate of drug-likeness (QED) is 0.697. The van der Waals surface area contributed by atoms with E-state index in [-0.39, 0.29) is 18.9 Å². The molecule has 1 amide bonds. The van der Waals surface area contributed by atoms with E-state index < -0.39 is 5.76 Å². The summed E-state index contributed by atoms with van der Waals surface area (Å²) in [6.45, 7) is 2.18. The lowest BCUT2D eigenvalue weighted by Gasteiger charge is -2.07. The van der Waals surface area contributed by atoms with E-state index in [4.69, 9.17) is 16.0 Å². The molecule has 5 nitrogen and oxygen atoms in total. The summed E-state index contributed by atoms with van der Waals surface area (Å²) in [6, 6.07) is 10.5. The number of carbonyl (C=O) groups excluding carboxylic acids is 1. The number of rotatable bonds is 4. The van der Waals surface area contributed by atoms with Gasteiger partial charge in [0, 0.05) is 34.2 Å². The summed E-state index contributed by atoms with van der Waals surface area (Å²) in [5.41, 5.74) is 2.78. The van der Waals surface area contributed by atoms with Crippen LogP contribution < -0.4 is 11.1 Å². The van der Waals surface area contributed by atoms with Crippen LogP contribution in [-0.2, 0) is 11.3 Å². The van der Waals surface area contributed by atoms with E-state index in [9.17, 15) is 9.59 Å². The molecule has 0 radical (unpaired) electrons. The van der Waals surface area contributed by atoms with Crippen molar-refractivity contribution in [3.63, 3.8) is 0 Å². The normalized spacial score (nSPS) is 11.0. The number of nitrogens with one attached hydrogen (secondary N) is 1. The molecular formula is C17H14BrClN2O3. The average Bonchev–Trinajstić information content (AvgIpc) is 2.83. The van der Waals surface area contributed by atoms with Crippen LogP contribution in [0.5, 0.6) is 0 Å². The van der Waals surface area contributed by atoms with Crippen molar-refractivity contribution in [1.82, 2.24) is 4.57 Å². The molecule has 0 saturated heterocycles. The zero-order chi connectivity index (χ0) is 17.3. The lowest BCUT2D eigenvalue weighted by atomic mass is 10.2. The lowest BCUT2D eigenvalue weighted by Crippen LogP contribution is -2.19. The number of oxazole rings is 1. The number of aryl methyl sites for hydroxylation is 2. The maximum absolute atomic E-state index is 12.1. The largest absolute Gasteiger partial charge is 0.419 e. The number of hydrogen-bond donors (Lipinski definition) is 1. The maximum Gasteiger partial charge on any atom is 0.419 e. The first-order valence-electron chi connectivity index (χ1n) is 7.29. The van der Waals surface area contributed by atoms with E-state index in [1.807, 2.05) is 25.1 Å². The van der Waals surface area contributed by atoms with Crippen LogP contribution in [0.2, 0.25) is 5.02 Å². The molecule has 124 valence electrons. The van der Waals surface area contributed by atoms with Crippen LogP contribution in [0.3, 0.4) is 0 Å². The van der Waals surface area contributed by atoms with Crippen LogP contribution in [0.1, 0.15) is 12.0 Å². The molecule has 0 aliphatic heterocycles. The molecule has 24 heavy (non-hydrogen) atoms. The Morgan fingerprint density at radius 1 is 1.29 bits per heavy atom. The monoisotopic (exact) mass is 408 g/mol. The Hall–Kier alpha value is -2.05. The molecule has 7 heteroatoms. The van der Waals surface area contributed by atoms with Gasteiger partial charge >= 0.3 is 5.76 Å². The fourth-order valence-electron chi connectivity index (χ4n) is 2.41. The van der Waals surface area contributed by atoms with Gasteiger partial charge in [-0.1, -0.05) is 27.5 Å². The molecule has 1 aromatic heterocycles. The van der Waals surface area contributed by atoms with Gasteiger partial charge in [0.2, 0.25) is 5.91 Å². The molecule has 1 N–H and O–H groups in total. The van der Waals surface area contributed by atoms with Crippen LogP contribution in [0, 0.1) is 6.92 Å². The molecule has 0 bridgehead atoms. The zero-order valence-corrected chi connectivity index (χ0v) is 15.1. The summed E-state index contributed by atoms with van der Waals surface area (Å²) in [6.07, 6.45) is 0.159. The molecule has 0 aliphatic carbocycles. The van der Waals surface area contributed by atoms with E-state index in [1.54, 1.807) is 18.2 Å². The number of benzene rings is 2. The van der Waals surface area contributed by atoms with Crippen molar-refractivity contribution in [3.8, 4) is 0 Å². The second kappa shape index (κ2) is 6.83. The fraction of sp³-hybridized carbons (Fsp3) is 0.176. The highest BCUT2D eigenvalue weighted by molar-refractivity contribution is 9.10. The highest BCUT2D eigenvalue weighted by Crippen LogP contribution is 2.21. The second-order valence-corrected chi connectivity index (χ2v) is 6.68. The minimum atomic E-state index is -0.500. The van der Waals surface area contributed by atoms with Crippen LogP contribution >= 0.6 is 27.5 Å². The molecule has 0 unspecified atom stereocenters. The van der Waals surface area contributed by atoms with Gasteiger partial charge in [-0.2, -0.15) is 0 Å². The lowest BCUT2D eigenvalue weighted by molar-refractivity contribution is -0.116. The topological polar surface area (TPSA) is 64.2 Å². The van der Waals surface area contributed by atoms with Crippen molar-refractivity contribution >= 4 is 50.2 Å². The molecule has 3 aromatic rings. The third kappa shape index (κ3) is 3.55. The Morgan fingerprint density at radius 3 is 2.83 bits per heavy atom. The Bertz CT molecular complexity index is 978. The fourth-order valence-corrected chi connectivity index (χ4v) is 2.82. The average molecular weight is 410 g/mol. The van der Waals surface area contributed by atoms with Crippen molar-refractivity contribution in [2.45, 2.75) is 19.9 Å². The van der Waals surface area contributed by atoms with Gasteiger partial charge in [0.1, 0.15) is 0 Å². The molecule has 0 saturated carbocycles. The summed E-state index contributed by atoms with van der Waals surface area (Å²) in [5, 5.41) is 3.31.